The van der Waals surface area contributed by atoms with Crippen LogP contribution in [0.5, 0.6) is 0 Å². The molecule has 54 heavy (non-hydrogen) atoms. The molecule has 0 radical (unpaired) electrons. The van der Waals surface area contributed by atoms with E-state index < -0.39 is 306 Å². The van der Waals surface area contributed by atoms with Gasteiger partial charge in [0, 0.05) is 39.3 Å². The molecule has 0 saturated heterocycles. The first-order chi connectivity index (χ1) is 41.4. The van der Waals surface area contributed by atoms with Gasteiger partial charge in [0.2, 0.25) is 0 Å². The van der Waals surface area contributed by atoms with Gasteiger partial charge in [-0.05, 0) is 92.2 Å². The lowest BCUT2D eigenvalue weighted by Crippen LogP contribution is -2.09. The predicted molar refractivity (Wildman–Crippen MR) is 228 cm³/mol. The van der Waals surface area contributed by atoms with Crippen molar-refractivity contribution in [3.63, 3.8) is 0 Å². The highest BCUT2D eigenvalue weighted by atomic mass is 16.3. The Balaban J connectivity index is 1.42. The second-order valence-corrected chi connectivity index (χ2v) is 11.0. The first-order valence-electron chi connectivity index (χ1n) is 33.1. The SMILES string of the molecule is [2H]c1c([2H])c([2H])c(-c2c([2H])c([2H])c(N(c3c([2H])c([2H])c(-c4c([2H])c([2H])c([2H])c([2H])c4[2H])c([2H])c3[2H])c3c([2H])c([2H])c4c(oc5c6c([2H])c([2H])c([2H])c([2H])c6c(-c6c([2H])c([2H])c([2H])c([2H])c6-c6c([2H])c([2H])c([2H])c([2H])c6[2H])c([2H])c54)c3[2H])c([2H])c2[2H])c([2H])c1[2H]. The summed E-state index contributed by atoms with van der Waals surface area (Å²) in [7, 11) is 0. The van der Waals surface area contributed by atoms with Crippen molar-refractivity contribution >= 4 is 49.8 Å². The molecule has 1 aromatic heterocycles. The second-order valence-electron chi connectivity index (χ2n) is 11.0. The van der Waals surface area contributed by atoms with Gasteiger partial charge in [0.25, 0.3) is 0 Å². The van der Waals surface area contributed by atoms with Gasteiger partial charge in [-0.15, -0.1) is 0 Å². The summed E-state index contributed by atoms with van der Waals surface area (Å²) >= 11 is 0. The smallest absolute Gasteiger partial charge is 0.143 e. The fourth-order valence-electron chi connectivity index (χ4n) is 5.58. The molecule has 10 aromatic rings. The Hall–Kier alpha value is -7.16. The van der Waals surface area contributed by atoms with Gasteiger partial charge in [0.05, 0.1) is 48.0 Å². The Morgan fingerprint density at radius 2 is 0.778 bits per heavy atom. The molecule has 2 heteroatoms. The minimum Gasteiger partial charge on any atom is -0.455 e. The van der Waals surface area contributed by atoms with Gasteiger partial charge < -0.3 is 9.32 Å². The summed E-state index contributed by atoms with van der Waals surface area (Å²) in [5.74, 6) is 0. The highest BCUT2D eigenvalue weighted by molar-refractivity contribution is 6.20. The maximum Gasteiger partial charge on any atom is 0.143 e. The van der Waals surface area contributed by atoms with E-state index in [4.69, 9.17) is 31.8 Å². The van der Waals surface area contributed by atoms with Crippen LogP contribution in [0.3, 0.4) is 0 Å². The van der Waals surface area contributed by atoms with Gasteiger partial charge in [0.1, 0.15) is 11.2 Å². The molecule has 0 aliphatic rings. The monoisotopic (exact) mass is 724 g/mol. The van der Waals surface area contributed by atoms with Gasteiger partial charge in [0.15, 0.2) is 0 Å². The van der Waals surface area contributed by atoms with Crippen LogP contribution in [-0.2, 0) is 0 Å². The molecule has 0 aliphatic heterocycles. The summed E-state index contributed by atoms with van der Waals surface area (Å²) in [6.45, 7) is 0. The summed E-state index contributed by atoms with van der Waals surface area (Å²) in [5.41, 5.74) is -12.4. The van der Waals surface area contributed by atoms with Crippen LogP contribution in [0.4, 0.5) is 17.1 Å². The van der Waals surface area contributed by atoms with Crippen LogP contribution in [0.25, 0.3) is 77.2 Å². The fraction of sp³-hybridized carbons (Fsp3) is 0. The Morgan fingerprint density at radius 1 is 0.315 bits per heavy atom. The summed E-state index contributed by atoms with van der Waals surface area (Å²) in [6, 6.07) is -37.9. The average molecular weight is 725 g/mol. The molecular formula is C52H35NO. The van der Waals surface area contributed by atoms with Crippen LogP contribution in [0.15, 0.2) is 216 Å². The number of nitrogens with zero attached hydrogens (tertiary/aromatic N) is 1. The molecule has 2 nitrogen and oxygen atoms in total. The molecule has 0 N–H and O–H groups in total. The third kappa shape index (κ3) is 5.62. The molecule has 254 valence electrons. The van der Waals surface area contributed by atoms with E-state index in [2.05, 4.69) is 0 Å². The Labute approximate surface area is 364 Å². The van der Waals surface area contributed by atoms with Crippen molar-refractivity contribution in [2.45, 2.75) is 0 Å². The fourth-order valence-corrected chi connectivity index (χ4v) is 5.58. The van der Waals surface area contributed by atoms with Crippen LogP contribution >= 0.6 is 0 Å². The zero-order chi connectivity index (χ0) is 66.3. The number of hydrogen-bond donors (Lipinski definition) is 0. The maximum atomic E-state index is 10.0. The predicted octanol–water partition coefficient (Wildman–Crippen LogP) is 14.9. The standard InChI is InChI=1S/C52H35NO/c1-4-14-36(15-5-1)38-24-28-41(29-25-38)53(42-30-26-39(27-31-42)37-16-6-2-7-17-37)43-32-33-47-50-35-49(45-21-11-10-20-44(45)40-18-8-3-9-19-40)46-22-12-13-23-48(46)52(50)54-51(47)34-43/h1-35H/i1D,2D,3D,4D,5D,6D,7D,8D,9D,10D,11D,12D,13D,14D,15D,16D,17D,18D,19D,20D,21D,22D,23D,24D,25D,26D,27D,28D,29D,30D,31D,32D,33D,34D,35D. The van der Waals surface area contributed by atoms with Crippen molar-refractivity contribution in [1.29, 1.82) is 0 Å². The Morgan fingerprint density at radius 3 is 1.37 bits per heavy atom. The van der Waals surface area contributed by atoms with Gasteiger partial charge in [-0.1, -0.05) is 163 Å². The lowest BCUT2D eigenvalue weighted by atomic mass is 9.90. The highest BCUT2D eigenvalue weighted by Gasteiger charge is 2.19. The van der Waals surface area contributed by atoms with E-state index in [-0.39, 0.29) is 4.90 Å². The molecule has 0 amide bonds. The second kappa shape index (κ2) is 13.4. The number of furan rings is 1. The summed E-state index contributed by atoms with van der Waals surface area (Å²) in [4.78, 5) is 0.290. The molecule has 0 spiro atoms. The minimum atomic E-state index is -1.31. The van der Waals surface area contributed by atoms with E-state index in [9.17, 15) is 20.6 Å². The quantitative estimate of drug-likeness (QED) is 0.163. The molecule has 0 fully saturated rings. The third-order valence-corrected chi connectivity index (χ3v) is 7.94. The summed E-state index contributed by atoms with van der Waals surface area (Å²) in [5, 5.41) is -3.07. The van der Waals surface area contributed by atoms with Crippen molar-refractivity contribution in [3.8, 4) is 44.5 Å². The number of benzene rings is 9. The molecular weight excluding hydrogens is 655 g/mol. The number of anilines is 3. The minimum absolute atomic E-state index is 0.290. The molecule has 10 rings (SSSR count). The van der Waals surface area contributed by atoms with E-state index in [1.807, 2.05) is 0 Å². The van der Waals surface area contributed by atoms with Crippen LogP contribution < -0.4 is 4.90 Å². The van der Waals surface area contributed by atoms with Gasteiger partial charge in [-0.25, -0.2) is 0 Å². The Kier molecular flexibility index (Phi) is 2.97. The van der Waals surface area contributed by atoms with Crippen molar-refractivity contribution in [3.05, 3.63) is 211 Å². The zero-order valence-electron chi connectivity index (χ0n) is 61.9. The van der Waals surface area contributed by atoms with Crippen molar-refractivity contribution in [2.24, 2.45) is 0 Å². The molecule has 0 unspecified atom stereocenters. The molecule has 0 atom stereocenters. The topological polar surface area (TPSA) is 16.4 Å². The lowest BCUT2D eigenvalue weighted by Gasteiger charge is -2.26. The first-order valence-corrected chi connectivity index (χ1v) is 15.6. The molecule has 9 aromatic carbocycles. The average Bonchev–Trinajstić information content (AvgIpc) is 1.70. The zero-order valence-corrected chi connectivity index (χ0v) is 26.9. The van der Waals surface area contributed by atoms with E-state index in [0.29, 0.717) is 0 Å². The van der Waals surface area contributed by atoms with E-state index >= 15 is 0 Å². The van der Waals surface area contributed by atoms with Crippen LogP contribution in [0, 0.1) is 0 Å². The summed E-state index contributed by atoms with van der Waals surface area (Å²) < 4.78 is 320. The van der Waals surface area contributed by atoms with Crippen molar-refractivity contribution in [2.75, 3.05) is 4.90 Å². The van der Waals surface area contributed by atoms with Crippen LogP contribution in [0.1, 0.15) is 48.0 Å². The highest BCUT2D eigenvalue weighted by Crippen LogP contribution is 2.44. The van der Waals surface area contributed by atoms with Crippen molar-refractivity contribution < 1.29 is 52.4 Å². The van der Waals surface area contributed by atoms with E-state index in [0.717, 1.165) is 0 Å². The summed E-state index contributed by atoms with van der Waals surface area (Å²) in [6.07, 6.45) is 0. The van der Waals surface area contributed by atoms with Crippen molar-refractivity contribution in [1.82, 2.24) is 0 Å². The molecule has 0 bridgehead atoms. The van der Waals surface area contributed by atoms with Gasteiger partial charge >= 0.3 is 0 Å². The van der Waals surface area contributed by atoms with Gasteiger partial charge in [-0.2, -0.15) is 0 Å². The lowest BCUT2D eigenvalue weighted by molar-refractivity contribution is 0.673. The number of hydrogen-bond acceptors (Lipinski definition) is 2. The van der Waals surface area contributed by atoms with Crippen LogP contribution in [0.2, 0.25) is 0 Å². The largest absolute Gasteiger partial charge is 0.455 e. The number of rotatable bonds is 7. The normalized spacial score (nSPS) is 20.4. The number of fused-ring (bicyclic) bond motifs is 5. The van der Waals surface area contributed by atoms with E-state index in [1.165, 1.54) is 0 Å². The molecule has 0 aliphatic carbocycles. The van der Waals surface area contributed by atoms with E-state index in [1.54, 1.807) is 0 Å². The maximum absolute atomic E-state index is 10.0. The first kappa shape index (κ1) is 11.9. The Bertz CT molecular complexity index is 4690. The van der Waals surface area contributed by atoms with Gasteiger partial charge in [-0.3, -0.25) is 0 Å². The van der Waals surface area contributed by atoms with Crippen LogP contribution in [-0.4, -0.2) is 0 Å². The molecule has 1 heterocycles. The third-order valence-electron chi connectivity index (χ3n) is 7.94. The molecule has 0 saturated carbocycles.